The number of esters is 1. The van der Waals surface area contributed by atoms with E-state index in [0.717, 1.165) is 0 Å². The predicted molar refractivity (Wildman–Crippen MR) is 160 cm³/mol. The number of ketones is 1. The van der Waals surface area contributed by atoms with E-state index in [1.165, 1.54) is 11.8 Å². The first-order valence-corrected chi connectivity index (χ1v) is 16.3. The molecule has 11 atom stereocenters. The van der Waals surface area contributed by atoms with Crippen LogP contribution in [-0.4, -0.2) is 92.7 Å². The Balaban J connectivity index is 0.00000276. The maximum atomic E-state index is 14.5. The van der Waals surface area contributed by atoms with Crippen LogP contribution in [0.15, 0.2) is 41.5 Å². The quantitative estimate of drug-likeness (QED) is 0.183. The molecule has 1 aliphatic heterocycles. The topological polar surface area (TPSA) is 143 Å². The fourth-order valence-corrected chi connectivity index (χ4v) is 9.00. The van der Waals surface area contributed by atoms with E-state index in [0.29, 0.717) is 17.1 Å². The molecule has 3 fully saturated rings. The van der Waals surface area contributed by atoms with Gasteiger partial charge in [0, 0.05) is 118 Å². The molecule has 0 amide bonds. The number of thioether (sulfide) groups is 1. The van der Waals surface area contributed by atoms with Gasteiger partial charge >= 0.3 is 5.97 Å². The monoisotopic (exact) mass is 1070 g/mol. The van der Waals surface area contributed by atoms with Gasteiger partial charge in [0.2, 0.25) is 0 Å². The molecule has 1 saturated heterocycles. The number of carbonyl (C=O) groups is 2. The van der Waals surface area contributed by atoms with E-state index < -0.39 is 82.1 Å². The van der Waals surface area contributed by atoms with Crippen LogP contribution in [0.2, 0.25) is 0 Å². The number of ether oxygens (including phenoxy) is 3. The van der Waals surface area contributed by atoms with Gasteiger partial charge in [-0.3, -0.25) is 4.79 Å². The minimum atomic E-state index is -1.69. The Morgan fingerprint density at radius 1 is 1.18 bits per heavy atom. The molecule has 4 radical (unpaired) electrons. The number of aliphatic hydroxyl groups excluding tert-OH is 2. The molecular formula is C33H44Ac2O9S. The SMILES string of the molecule is [Ac].[Ac].[CH][C@@H](c1ccccc1)C(O)C(=O)OC1CC2(O)C(C)C3C4(O)COC4CC(OCSC)[C@@]3(C)C(=O)C(O)C(=C1C)C2(C)C. The van der Waals surface area contributed by atoms with Crippen LogP contribution in [0.25, 0.3) is 0 Å². The van der Waals surface area contributed by atoms with Crippen molar-refractivity contribution in [3.8, 4) is 0 Å². The molecule has 0 aromatic heterocycles. The third-order valence-electron chi connectivity index (χ3n) is 11.2. The second-order valence-corrected chi connectivity index (χ2v) is 14.4. The van der Waals surface area contributed by atoms with Crippen molar-refractivity contribution in [3.05, 3.63) is 54.0 Å². The Bertz CT molecular complexity index is 1290. The number of Topliss-reactive ketones (excluding diaryl/α,β-unsaturated/α-hetero) is 1. The third kappa shape index (κ3) is 6.32. The fourth-order valence-electron chi connectivity index (χ4n) is 8.70. The molecule has 9 unspecified atom stereocenters. The van der Waals surface area contributed by atoms with Crippen molar-refractivity contribution in [3.63, 3.8) is 0 Å². The van der Waals surface area contributed by atoms with Crippen LogP contribution in [0.3, 0.4) is 0 Å². The van der Waals surface area contributed by atoms with Gasteiger partial charge in [0.15, 0.2) is 11.9 Å². The molecule has 9 nitrogen and oxygen atoms in total. The average Bonchev–Trinajstić information content (AvgIpc) is 2.97. The molecule has 4 N–H and O–H groups in total. The van der Waals surface area contributed by atoms with Gasteiger partial charge < -0.3 is 34.6 Å². The summed E-state index contributed by atoms with van der Waals surface area (Å²) in [6.07, 6.45) is -3.62. The van der Waals surface area contributed by atoms with Crippen molar-refractivity contribution in [2.24, 2.45) is 22.7 Å². The number of fused-ring (bicyclic) bond motifs is 5. The number of benzene rings is 1. The molecule has 0 spiro atoms. The van der Waals surface area contributed by atoms with Crippen molar-refractivity contribution >= 4 is 23.5 Å². The molecule has 4 aliphatic rings. The summed E-state index contributed by atoms with van der Waals surface area (Å²) in [6, 6.07) is 8.68. The van der Waals surface area contributed by atoms with E-state index in [9.17, 15) is 30.0 Å². The number of hydrogen-bond donors (Lipinski definition) is 4. The standard InChI is InChI=1S/C33H44O9S.2Ac/c1-17(20-11-9-8-10-12-20)25(34)29(37)42-21-14-33(39)19(3)27-31(6,28(36)26(35)24(18(21)2)30(33,4)5)22(41-16-43-7)13-23-32(27,38)15-40-23;;/h1,8-12,17,19,21-23,25-27,34-35,38-39H,13-16H2,2-7H3;;/t17-,19?,21?,22?,23?,25?,26?,27?,31+,32?,33?;;/m0../s1. The second-order valence-electron chi connectivity index (χ2n) is 13.6. The van der Waals surface area contributed by atoms with Gasteiger partial charge in [-0.15, -0.1) is 11.8 Å². The maximum absolute atomic E-state index is 14.5. The fraction of sp³-hybridized carbons (Fsp3) is 0.667. The first-order valence-electron chi connectivity index (χ1n) is 14.9. The molecule has 1 heterocycles. The number of aliphatic hydroxyl groups is 4. The molecule has 242 valence electrons. The molecule has 1 aromatic rings. The molecule has 2 bridgehead atoms. The Hall–Kier alpha value is 1.09. The molecular weight excluding hydrogens is 1030 g/mol. The summed E-state index contributed by atoms with van der Waals surface area (Å²) in [7, 11) is 0. The van der Waals surface area contributed by atoms with E-state index in [1.54, 1.807) is 65.0 Å². The van der Waals surface area contributed by atoms with Gasteiger partial charge in [0.25, 0.3) is 0 Å². The minimum Gasteiger partial charge on any atom is -0.456 e. The normalized spacial score (nSPS) is 39.8. The zero-order chi connectivity index (χ0) is 31.7. The summed E-state index contributed by atoms with van der Waals surface area (Å²) in [5.74, 6) is -3.82. The Morgan fingerprint density at radius 3 is 2.36 bits per heavy atom. The van der Waals surface area contributed by atoms with Gasteiger partial charge in [0.1, 0.15) is 17.8 Å². The maximum Gasteiger partial charge on any atom is 0.336 e. The van der Waals surface area contributed by atoms with Gasteiger partial charge in [-0.2, -0.15) is 0 Å². The van der Waals surface area contributed by atoms with E-state index in [2.05, 4.69) is 0 Å². The minimum absolute atomic E-state index is 0. The van der Waals surface area contributed by atoms with Crippen LogP contribution in [0.5, 0.6) is 0 Å². The summed E-state index contributed by atoms with van der Waals surface area (Å²) >= 11 is 1.45. The van der Waals surface area contributed by atoms with Crippen molar-refractivity contribution in [2.45, 2.75) is 95.1 Å². The summed E-state index contributed by atoms with van der Waals surface area (Å²) < 4.78 is 17.8. The van der Waals surface area contributed by atoms with Crippen molar-refractivity contribution in [2.75, 3.05) is 18.8 Å². The predicted octanol–water partition coefficient (Wildman–Crippen LogP) is 2.67. The Labute approximate surface area is 342 Å². The summed E-state index contributed by atoms with van der Waals surface area (Å²) in [5.41, 5.74) is -4.37. The molecule has 2 saturated carbocycles. The van der Waals surface area contributed by atoms with E-state index in [1.807, 2.05) is 6.26 Å². The van der Waals surface area contributed by atoms with Gasteiger partial charge in [-0.25, -0.2) is 4.79 Å². The van der Waals surface area contributed by atoms with Crippen molar-refractivity contribution < 1.29 is 132 Å². The molecule has 3 aliphatic carbocycles. The van der Waals surface area contributed by atoms with E-state index in [4.69, 9.17) is 21.1 Å². The zero-order valence-electron chi connectivity index (χ0n) is 26.8. The van der Waals surface area contributed by atoms with Gasteiger partial charge in [-0.05, 0) is 49.7 Å². The van der Waals surface area contributed by atoms with Gasteiger partial charge in [-0.1, -0.05) is 51.1 Å². The Morgan fingerprint density at radius 2 is 1.80 bits per heavy atom. The van der Waals surface area contributed by atoms with Crippen LogP contribution in [-0.2, 0) is 23.8 Å². The summed E-state index contributed by atoms with van der Waals surface area (Å²) in [5, 5.41) is 47.5. The van der Waals surface area contributed by atoms with Crippen LogP contribution in [0.4, 0.5) is 0 Å². The van der Waals surface area contributed by atoms with Crippen LogP contribution >= 0.6 is 11.8 Å². The molecule has 1 aromatic carbocycles. The Kier molecular flexibility index (Phi) is 13.3. The number of rotatable bonds is 7. The van der Waals surface area contributed by atoms with Gasteiger partial charge in [0.05, 0.1) is 35.8 Å². The zero-order valence-corrected chi connectivity index (χ0v) is 37.1. The largest absolute Gasteiger partial charge is 0.456 e. The van der Waals surface area contributed by atoms with E-state index in [-0.39, 0.29) is 113 Å². The van der Waals surface area contributed by atoms with Crippen molar-refractivity contribution in [1.82, 2.24) is 0 Å². The van der Waals surface area contributed by atoms with Crippen LogP contribution in [0, 0.1) is 118 Å². The number of hydrogen-bond acceptors (Lipinski definition) is 10. The van der Waals surface area contributed by atoms with Crippen molar-refractivity contribution in [1.29, 1.82) is 0 Å². The third-order valence-corrected chi connectivity index (χ3v) is 11.6. The molecule has 12 heteroatoms. The first kappa shape index (κ1) is 40.5. The van der Waals surface area contributed by atoms with Crippen LogP contribution < -0.4 is 0 Å². The van der Waals surface area contributed by atoms with E-state index >= 15 is 0 Å². The van der Waals surface area contributed by atoms with Crippen LogP contribution in [0.1, 0.15) is 58.9 Å². The molecule has 5 rings (SSSR count). The average molecular weight is 1070 g/mol. The summed E-state index contributed by atoms with van der Waals surface area (Å²) in [6.45, 7) is 14.9. The smallest absolute Gasteiger partial charge is 0.336 e. The molecule has 45 heavy (non-hydrogen) atoms. The second kappa shape index (κ2) is 14.8. The number of carbonyl (C=O) groups excluding carboxylic acids is 2. The summed E-state index contributed by atoms with van der Waals surface area (Å²) in [4.78, 5) is 27.8. The first-order chi connectivity index (χ1) is 20.1.